The Morgan fingerprint density at radius 2 is 1.43 bits per heavy atom. The van der Waals surface area contributed by atoms with E-state index in [4.69, 9.17) is 0 Å². The molecule has 3 N–H and O–H groups in total. The van der Waals surface area contributed by atoms with Crippen LogP contribution in [0.3, 0.4) is 0 Å². The monoisotopic (exact) mass is 499 g/mol. The Bertz CT molecular complexity index is 1440. The number of nitrogens with zero attached hydrogens (tertiary/aromatic N) is 2. The van der Waals surface area contributed by atoms with Crippen LogP contribution in [0.15, 0.2) is 71.6 Å². The molecule has 2 amide bonds. The first kappa shape index (κ1) is 24.8. The quantitative estimate of drug-likeness (QED) is 0.326. The van der Waals surface area contributed by atoms with Crippen molar-refractivity contribution >= 4 is 38.9 Å². The highest BCUT2D eigenvalue weighted by molar-refractivity contribution is 7.92. The van der Waals surface area contributed by atoms with Gasteiger partial charge in [0, 0.05) is 40.6 Å². The minimum Gasteiger partial charge on any atom is -0.280 e. The zero-order valence-electron chi connectivity index (χ0n) is 17.9. The van der Waals surface area contributed by atoms with E-state index in [0.717, 1.165) is 12.1 Å². The average molecular weight is 499 g/mol. The molecule has 180 valence electrons. The van der Waals surface area contributed by atoms with Crippen molar-refractivity contribution in [1.29, 1.82) is 0 Å². The Kier molecular flexibility index (Phi) is 7.06. The first-order valence-electron chi connectivity index (χ1n) is 9.71. The van der Waals surface area contributed by atoms with Gasteiger partial charge in [0.1, 0.15) is 0 Å². The van der Waals surface area contributed by atoms with Crippen molar-refractivity contribution in [3.63, 3.8) is 0 Å². The maximum absolute atomic E-state index is 12.6. The molecule has 3 rings (SSSR count). The van der Waals surface area contributed by atoms with E-state index >= 15 is 0 Å². The van der Waals surface area contributed by atoms with Crippen LogP contribution < -0.4 is 15.6 Å². The van der Waals surface area contributed by atoms with Crippen molar-refractivity contribution in [2.24, 2.45) is 0 Å². The second-order valence-electron chi connectivity index (χ2n) is 7.10. The molecular weight excluding hydrogens is 482 g/mol. The second-order valence-corrected chi connectivity index (χ2v) is 8.79. The molecule has 0 heterocycles. The average Bonchev–Trinajstić information content (AvgIpc) is 2.82. The minimum atomic E-state index is -4.14. The highest BCUT2D eigenvalue weighted by Crippen LogP contribution is 2.24. The Morgan fingerprint density at radius 3 is 2.03 bits per heavy atom. The fourth-order valence-electron chi connectivity index (χ4n) is 2.88. The molecule has 3 aromatic carbocycles. The van der Waals surface area contributed by atoms with Gasteiger partial charge in [-0.2, -0.15) is 0 Å². The normalized spacial score (nSPS) is 10.8. The summed E-state index contributed by atoms with van der Waals surface area (Å²) in [5.41, 5.74) is 4.07. The summed E-state index contributed by atoms with van der Waals surface area (Å²) in [6.45, 7) is 1.48. The molecule has 0 fully saturated rings. The van der Waals surface area contributed by atoms with Gasteiger partial charge in [-0.1, -0.05) is 12.1 Å². The van der Waals surface area contributed by atoms with E-state index in [1.165, 1.54) is 61.5 Å². The molecule has 13 nitrogen and oxygen atoms in total. The van der Waals surface area contributed by atoms with Crippen molar-refractivity contribution < 1.29 is 27.9 Å². The van der Waals surface area contributed by atoms with Gasteiger partial charge < -0.3 is 0 Å². The number of nitro benzene ring substituents is 2. The molecule has 35 heavy (non-hydrogen) atoms. The van der Waals surface area contributed by atoms with E-state index in [9.17, 15) is 38.2 Å². The van der Waals surface area contributed by atoms with Gasteiger partial charge in [0.25, 0.3) is 33.2 Å². The number of hydrogen-bond acceptors (Lipinski definition) is 8. The smallest absolute Gasteiger partial charge is 0.273 e. The van der Waals surface area contributed by atoms with E-state index < -0.39 is 31.7 Å². The highest BCUT2D eigenvalue weighted by Gasteiger charge is 2.20. The lowest BCUT2D eigenvalue weighted by Gasteiger charge is -2.10. The third-order valence-electron chi connectivity index (χ3n) is 4.70. The van der Waals surface area contributed by atoms with Crippen LogP contribution in [0, 0.1) is 27.2 Å². The standard InChI is InChI=1S/C21H17N5O8S/c1-13-5-10-18(12-19(13)26(31)32)35(33,34)24-16-8-6-14(7-9-16)20(27)22-23-21(28)15-3-2-4-17(11-15)25(29)30/h2-12,24H,1H3,(H,22,27)(H,23,28). The molecule has 0 unspecified atom stereocenters. The lowest BCUT2D eigenvalue weighted by molar-refractivity contribution is -0.385. The van der Waals surface area contributed by atoms with Gasteiger partial charge in [0.05, 0.1) is 14.7 Å². The molecule has 14 heteroatoms. The molecule has 0 aliphatic rings. The summed E-state index contributed by atoms with van der Waals surface area (Å²) in [6, 6.07) is 13.6. The number of sulfonamides is 1. The van der Waals surface area contributed by atoms with Crippen LogP contribution in [0.2, 0.25) is 0 Å². The number of nitro groups is 2. The molecule has 3 aromatic rings. The molecule has 0 saturated carbocycles. The summed E-state index contributed by atoms with van der Waals surface area (Å²) in [5, 5.41) is 21.9. The van der Waals surface area contributed by atoms with Crippen LogP contribution >= 0.6 is 0 Å². The number of aryl methyl sites for hydroxylation is 1. The zero-order chi connectivity index (χ0) is 25.8. The van der Waals surface area contributed by atoms with E-state index in [0.29, 0.717) is 5.56 Å². The number of hydrogen-bond donors (Lipinski definition) is 3. The van der Waals surface area contributed by atoms with Gasteiger partial charge in [0.2, 0.25) is 0 Å². The predicted octanol–water partition coefficient (Wildman–Crippen LogP) is 2.69. The van der Waals surface area contributed by atoms with Crippen molar-refractivity contribution in [1.82, 2.24) is 10.9 Å². The van der Waals surface area contributed by atoms with Gasteiger partial charge in [-0.05, 0) is 43.3 Å². The third-order valence-corrected chi connectivity index (χ3v) is 6.07. The number of hydrazine groups is 1. The zero-order valence-corrected chi connectivity index (χ0v) is 18.7. The molecule has 0 spiro atoms. The third kappa shape index (κ3) is 5.94. The number of amides is 2. The maximum atomic E-state index is 12.6. The number of benzene rings is 3. The van der Waals surface area contributed by atoms with Gasteiger partial charge in [0.15, 0.2) is 0 Å². The molecule has 0 saturated heterocycles. The summed E-state index contributed by atoms with van der Waals surface area (Å²) in [4.78, 5) is 44.6. The van der Waals surface area contributed by atoms with Crippen molar-refractivity contribution in [3.8, 4) is 0 Å². The van der Waals surface area contributed by atoms with Crippen molar-refractivity contribution in [2.45, 2.75) is 11.8 Å². The molecule has 0 aliphatic heterocycles. The lowest BCUT2D eigenvalue weighted by atomic mass is 10.2. The van der Waals surface area contributed by atoms with E-state index in [1.54, 1.807) is 0 Å². The van der Waals surface area contributed by atoms with Gasteiger partial charge in [-0.3, -0.25) is 45.4 Å². The Labute approximate surface area is 198 Å². The SMILES string of the molecule is Cc1ccc(S(=O)(=O)Nc2ccc(C(=O)NNC(=O)c3cccc([N+](=O)[O-])c3)cc2)cc1[N+](=O)[O-]. The summed E-state index contributed by atoms with van der Waals surface area (Å²) in [7, 11) is -4.14. The predicted molar refractivity (Wildman–Crippen MR) is 123 cm³/mol. The van der Waals surface area contributed by atoms with Crippen LogP contribution in [0.1, 0.15) is 26.3 Å². The summed E-state index contributed by atoms with van der Waals surface area (Å²) in [6.07, 6.45) is 0. The van der Waals surface area contributed by atoms with E-state index in [-0.39, 0.29) is 33.1 Å². The van der Waals surface area contributed by atoms with Crippen molar-refractivity contribution in [2.75, 3.05) is 4.72 Å². The molecule has 0 atom stereocenters. The second kappa shape index (κ2) is 9.96. The first-order valence-corrected chi connectivity index (χ1v) is 11.2. The number of carbonyl (C=O) groups excluding carboxylic acids is 2. The highest BCUT2D eigenvalue weighted by atomic mass is 32.2. The van der Waals surface area contributed by atoms with Crippen LogP contribution in [0.5, 0.6) is 0 Å². The maximum Gasteiger partial charge on any atom is 0.273 e. The summed E-state index contributed by atoms with van der Waals surface area (Å²) < 4.78 is 27.4. The number of carbonyl (C=O) groups is 2. The Hall–Kier alpha value is -4.85. The van der Waals surface area contributed by atoms with Gasteiger partial charge in [-0.15, -0.1) is 0 Å². The van der Waals surface area contributed by atoms with Crippen LogP contribution in [-0.4, -0.2) is 30.1 Å². The number of non-ortho nitro benzene ring substituents is 1. The Morgan fingerprint density at radius 1 is 0.800 bits per heavy atom. The molecule has 0 aliphatic carbocycles. The van der Waals surface area contributed by atoms with E-state index in [1.807, 2.05) is 0 Å². The molecular formula is C21H17N5O8S. The van der Waals surface area contributed by atoms with Gasteiger partial charge in [-0.25, -0.2) is 8.42 Å². The number of nitrogens with one attached hydrogen (secondary N) is 3. The summed E-state index contributed by atoms with van der Waals surface area (Å²) >= 11 is 0. The van der Waals surface area contributed by atoms with Gasteiger partial charge >= 0.3 is 0 Å². The topological polar surface area (TPSA) is 191 Å². The minimum absolute atomic E-state index is 0.0411. The Balaban J connectivity index is 1.65. The van der Waals surface area contributed by atoms with Crippen LogP contribution in [0.4, 0.5) is 17.1 Å². The van der Waals surface area contributed by atoms with Crippen molar-refractivity contribution in [3.05, 3.63) is 104 Å². The van der Waals surface area contributed by atoms with Crippen LogP contribution in [-0.2, 0) is 10.0 Å². The molecule has 0 aromatic heterocycles. The molecule has 0 radical (unpaired) electrons. The fourth-order valence-corrected chi connectivity index (χ4v) is 3.95. The lowest BCUT2D eigenvalue weighted by Crippen LogP contribution is -2.41. The number of rotatable bonds is 7. The largest absolute Gasteiger partial charge is 0.280 e. The van der Waals surface area contributed by atoms with Crippen LogP contribution in [0.25, 0.3) is 0 Å². The van der Waals surface area contributed by atoms with E-state index in [2.05, 4.69) is 15.6 Å². The summed E-state index contributed by atoms with van der Waals surface area (Å²) in [5.74, 6) is -1.51. The molecule has 0 bridgehead atoms. The number of anilines is 1. The fraction of sp³-hybridized carbons (Fsp3) is 0.0476. The first-order chi connectivity index (χ1) is 16.5.